The molecule has 64 valence electrons. The highest BCUT2D eigenvalue weighted by Crippen LogP contribution is 2.28. The Morgan fingerprint density at radius 2 is 2.42 bits per heavy atom. The van der Waals surface area contributed by atoms with Crippen LogP contribution in [0.1, 0.15) is 6.42 Å². The molecule has 0 radical (unpaired) electrons. The number of thioether (sulfide) groups is 2. The van der Waals surface area contributed by atoms with E-state index >= 15 is 0 Å². The molecule has 0 spiro atoms. The summed E-state index contributed by atoms with van der Waals surface area (Å²) >= 11 is 3.08. The topological polar surface area (TPSA) is 41.8 Å². The lowest BCUT2D eigenvalue weighted by molar-refractivity contribution is -0.116. The van der Waals surface area contributed by atoms with Crippen LogP contribution in [0.2, 0.25) is 0 Å². The molecule has 0 N–H and O–H groups in total. The summed E-state index contributed by atoms with van der Waals surface area (Å²) in [5.74, 6) is 0.985. The van der Waals surface area contributed by atoms with Crippen molar-refractivity contribution in [1.29, 1.82) is 0 Å². The zero-order chi connectivity index (χ0) is 8.55. The van der Waals surface area contributed by atoms with Gasteiger partial charge >= 0.3 is 0 Å². The van der Waals surface area contributed by atoms with E-state index in [-0.39, 0.29) is 11.2 Å². The SMILES string of the molecule is CSC1=NC(=O)C2SCCC2=N1. The van der Waals surface area contributed by atoms with Crippen molar-refractivity contribution in [1.82, 2.24) is 0 Å². The Bertz CT molecular complexity index is 285. The second-order valence-electron chi connectivity index (χ2n) is 2.54. The van der Waals surface area contributed by atoms with Gasteiger partial charge in [0.2, 0.25) is 0 Å². The smallest absolute Gasteiger partial charge is 0.267 e. The average molecular weight is 200 g/mol. The van der Waals surface area contributed by atoms with Crippen molar-refractivity contribution < 1.29 is 4.79 Å². The number of aliphatic imine (C=N–C) groups is 2. The first-order valence-corrected chi connectivity index (χ1v) is 5.94. The van der Waals surface area contributed by atoms with E-state index < -0.39 is 0 Å². The lowest BCUT2D eigenvalue weighted by Crippen LogP contribution is -2.26. The van der Waals surface area contributed by atoms with Crippen molar-refractivity contribution in [2.24, 2.45) is 9.98 Å². The third-order valence-corrected chi connectivity index (χ3v) is 3.59. The molecule has 3 nitrogen and oxygen atoms in total. The van der Waals surface area contributed by atoms with Gasteiger partial charge in [-0.1, -0.05) is 11.8 Å². The second-order valence-corrected chi connectivity index (χ2v) is 4.53. The van der Waals surface area contributed by atoms with E-state index in [0.717, 1.165) is 17.9 Å². The Morgan fingerprint density at radius 3 is 3.17 bits per heavy atom. The molecule has 0 bridgehead atoms. The first kappa shape index (κ1) is 8.31. The fourth-order valence-corrected chi connectivity index (χ4v) is 2.74. The molecule has 1 saturated heterocycles. The van der Waals surface area contributed by atoms with Crippen molar-refractivity contribution in [3.63, 3.8) is 0 Å². The molecule has 2 aliphatic heterocycles. The van der Waals surface area contributed by atoms with Gasteiger partial charge in [-0.25, -0.2) is 4.99 Å². The number of rotatable bonds is 0. The molecule has 1 atom stereocenters. The van der Waals surface area contributed by atoms with E-state index in [1.54, 1.807) is 11.8 Å². The van der Waals surface area contributed by atoms with Crippen molar-refractivity contribution in [2.75, 3.05) is 12.0 Å². The lowest BCUT2D eigenvalue weighted by atomic mass is 10.2. The maximum absolute atomic E-state index is 11.3. The normalized spacial score (nSPS) is 28.1. The number of carbonyl (C=O) groups excluding carboxylic acids is 1. The summed E-state index contributed by atoms with van der Waals surface area (Å²) in [6.07, 6.45) is 2.83. The number of hydrogen-bond acceptors (Lipinski definition) is 4. The minimum Gasteiger partial charge on any atom is -0.271 e. The summed E-state index contributed by atoms with van der Waals surface area (Å²) in [6.45, 7) is 0. The maximum atomic E-state index is 11.3. The molecular weight excluding hydrogens is 192 g/mol. The third-order valence-electron chi connectivity index (χ3n) is 1.80. The van der Waals surface area contributed by atoms with Gasteiger partial charge in [-0.3, -0.25) is 4.79 Å². The number of amides is 1. The number of hydrogen-bond donors (Lipinski definition) is 0. The highest BCUT2D eigenvalue weighted by Gasteiger charge is 2.32. The van der Waals surface area contributed by atoms with Gasteiger partial charge in [0.05, 0.1) is 0 Å². The second kappa shape index (κ2) is 3.22. The molecule has 0 aromatic rings. The number of fused-ring (bicyclic) bond motifs is 1. The van der Waals surface area contributed by atoms with Crippen LogP contribution in [0, 0.1) is 0 Å². The van der Waals surface area contributed by atoms with Gasteiger partial charge in [0, 0.05) is 5.71 Å². The Hall–Kier alpha value is -0.290. The molecule has 0 aromatic heterocycles. The fourth-order valence-electron chi connectivity index (χ4n) is 1.23. The summed E-state index contributed by atoms with van der Waals surface area (Å²) in [7, 11) is 0. The monoisotopic (exact) mass is 200 g/mol. The Balaban J connectivity index is 2.30. The van der Waals surface area contributed by atoms with Crippen molar-refractivity contribution in [3.05, 3.63) is 0 Å². The van der Waals surface area contributed by atoms with Crippen molar-refractivity contribution >= 4 is 40.3 Å². The molecule has 0 aromatic carbocycles. The van der Waals surface area contributed by atoms with E-state index in [1.165, 1.54) is 11.8 Å². The molecule has 1 fully saturated rings. The quantitative estimate of drug-likeness (QED) is 0.590. The Morgan fingerprint density at radius 1 is 1.58 bits per heavy atom. The van der Waals surface area contributed by atoms with Gasteiger partial charge in [0.1, 0.15) is 5.25 Å². The molecule has 5 heteroatoms. The summed E-state index contributed by atoms with van der Waals surface area (Å²) in [6, 6.07) is 0. The predicted octanol–water partition coefficient (Wildman–Crippen LogP) is 1.19. The van der Waals surface area contributed by atoms with E-state index in [1.807, 2.05) is 6.26 Å². The predicted molar refractivity (Wildman–Crippen MR) is 54.3 cm³/mol. The molecule has 0 aliphatic carbocycles. The van der Waals surface area contributed by atoms with Crippen LogP contribution < -0.4 is 0 Å². The molecule has 12 heavy (non-hydrogen) atoms. The summed E-state index contributed by atoms with van der Waals surface area (Å²) in [5.41, 5.74) is 1.02. The molecule has 2 rings (SSSR count). The zero-order valence-corrected chi connectivity index (χ0v) is 8.24. The molecule has 0 saturated carbocycles. The average Bonchev–Trinajstić information content (AvgIpc) is 2.52. The number of amidine groups is 1. The van der Waals surface area contributed by atoms with Crippen molar-refractivity contribution in [3.8, 4) is 0 Å². The summed E-state index contributed by atoms with van der Waals surface area (Å²) in [5, 5.41) is 0.564. The minimum absolute atomic E-state index is 0.0214. The fraction of sp³-hybridized carbons (Fsp3) is 0.571. The molecule has 2 heterocycles. The summed E-state index contributed by atoms with van der Waals surface area (Å²) in [4.78, 5) is 19.5. The first-order chi connectivity index (χ1) is 5.81. The highest BCUT2D eigenvalue weighted by atomic mass is 32.2. The Kier molecular flexibility index (Phi) is 2.23. The van der Waals surface area contributed by atoms with Crippen LogP contribution in [0.15, 0.2) is 9.98 Å². The van der Waals surface area contributed by atoms with Gasteiger partial charge in [-0.15, -0.1) is 11.8 Å². The van der Waals surface area contributed by atoms with Crippen LogP contribution in [0.3, 0.4) is 0 Å². The zero-order valence-electron chi connectivity index (χ0n) is 6.61. The Labute approximate surface area is 79.1 Å². The van der Waals surface area contributed by atoms with E-state index in [4.69, 9.17) is 0 Å². The molecular formula is C7H8N2OS2. The van der Waals surface area contributed by atoms with E-state index in [2.05, 4.69) is 9.98 Å². The molecule has 2 aliphatic rings. The largest absolute Gasteiger partial charge is 0.271 e. The molecule has 1 amide bonds. The minimum atomic E-state index is -0.0547. The van der Waals surface area contributed by atoms with Crippen molar-refractivity contribution in [2.45, 2.75) is 11.7 Å². The summed E-state index contributed by atoms with van der Waals surface area (Å²) < 4.78 is 0. The standard InChI is InChI=1S/C7H8N2OS2/c1-11-7-8-4-2-3-12-5(4)6(10)9-7/h5H,2-3H2,1H3. The van der Waals surface area contributed by atoms with E-state index in [0.29, 0.717) is 5.17 Å². The first-order valence-electron chi connectivity index (χ1n) is 3.67. The molecule has 1 unspecified atom stereocenters. The van der Waals surface area contributed by atoms with Crippen LogP contribution in [0.5, 0.6) is 0 Å². The van der Waals surface area contributed by atoms with Crippen LogP contribution in [0.25, 0.3) is 0 Å². The van der Waals surface area contributed by atoms with Crippen LogP contribution in [-0.2, 0) is 4.79 Å². The van der Waals surface area contributed by atoms with Crippen LogP contribution in [-0.4, -0.2) is 34.0 Å². The van der Waals surface area contributed by atoms with Crippen LogP contribution in [0.4, 0.5) is 0 Å². The third kappa shape index (κ3) is 1.31. The van der Waals surface area contributed by atoms with Gasteiger partial charge in [0.15, 0.2) is 5.17 Å². The number of carbonyl (C=O) groups is 1. The van der Waals surface area contributed by atoms with Crippen LogP contribution >= 0.6 is 23.5 Å². The maximum Gasteiger partial charge on any atom is 0.267 e. The van der Waals surface area contributed by atoms with Gasteiger partial charge in [-0.2, -0.15) is 4.99 Å². The number of nitrogens with zero attached hydrogens (tertiary/aromatic N) is 2. The highest BCUT2D eigenvalue weighted by molar-refractivity contribution is 8.13. The van der Waals surface area contributed by atoms with Gasteiger partial charge in [-0.05, 0) is 18.4 Å². The lowest BCUT2D eigenvalue weighted by Gasteiger charge is -2.11. The van der Waals surface area contributed by atoms with Gasteiger partial charge < -0.3 is 0 Å². The van der Waals surface area contributed by atoms with Gasteiger partial charge in [0.25, 0.3) is 5.91 Å². The van der Waals surface area contributed by atoms with E-state index in [9.17, 15) is 4.79 Å².